The Kier molecular flexibility index (Phi) is 4.83. The van der Waals surface area contributed by atoms with E-state index < -0.39 is 0 Å². The van der Waals surface area contributed by atoms with Gasteiger partial charge in [0.25, 0.3) is 0 Å². The fourth-order valence-electron chi connectivity index (χ4n) is 2.40. The van der Waals surface area contributed by atoms with Gasteiger partial charge in [-0.05, 0) is 19.5 Å². The van der Waals surface area contributed by atoms with Crippen LogP contribution in [0.3, 0.4) is 0 Å². The topological polar surface area (TPSA) is 12.0 Å². The first-order valence-corrected chi connectivity index (χ1v) is 8.29. The molecule has 3 atom stereocenters. The number of hydrogen-bond donors (Lipinski definition) is 1. The fourth-order valence-corrected chi connectivity index (χ4v) is 5.39. The molecule has 3 unspecified atom stereocenters. The number of benzene rings is 1. The first-order chi connectivity index (χ1) is 8.22. The molecule has 1 aliphatic heterocycles. The van der Waals surface area contributed by atoms with Gasteiger partial charge in [-0.1, -0.05) is 36.8 Å². The van der Waals surface area contributed by atoms with Crippen molar-refractivity contribution in [2.24, 2.45) is 0 Å². The predicted octanol–water partition coefficient (Wildman–Crippen LogP) is 3.49. The molecule has 94 valence electrons. The molecule has 0 radical (unpaired) electrons. The van der Waals surface area contributed by atoms with E-state index in [0.29, 0.717) is 11.3 Å². The molecule has 0 aliphatic carbocycles. The summed E-state index contributed by atoms with van der Waals surface area (Å²) in [6.45, 7) is 4.53. The van der Waals surface area contributed by atoms with Crippen LogP contribution in [-0.4, -0.2) is 29.1 Å². The molecule has 1 N–H and O–H groups in total. The number of hydrogen-bond acceptors (Lipinski definition) is 3. The highest BCUT2D eigenvalue weighted by atomic mass is 32.2. The minimum Gasteiger partial charge on any atom is -0.312 e. The van der Waals surface area contributed by atoms with Gasteiger partial charge in [0.05, 0.1) is 0 Å². The minimum absolute atomic E-state index is 0.475. The molecule has 1 heterocycles. The third-order valence-electron chi connectivity index (χ3n) is 3.28. The maximum atomic E-state index is 3.51. The van der Waals surface area contributed by atoms with Crippen molar-refractivity contribution < 1.29 is 0 Å². The predicted molar refractivity (Wildman–Crippen MR) is 81.1 cm³/mol. The van der Waals surface area contributed by atoms with Crippen molar-refractivity contribution in [2.45, 2.75) is 30.4 Å². The van der Waals surface area contributed by atoms with Crippen molar-refractivity contribution in [3.8, 4) is 0 Å². The zero-order valence-electron chi connectivity index (χ0n) is 10.8. The van der Waals surface area contributed by atoms with Gasteiger partial charge in [0, 0.05) is 28.0 Å². The van der Waals surface area contributed by atoms with Crippen molar-refractivity contribution in [2.75, 3.05) is 18.6 Å². The van der Waals surface area contributed by atoms with Crippen molar-refractivity contribution in [1.82, 2.24) is 5.32 Å². The summed E-state index contributed by atoms with van der Waals surface area (Å²) in [7, 11) is 2.08. The second-order valence-electron chi connectivity index (χ2n) is 4.59. The summed E-state index contributed by atoms with van der Waals surface area (Å²) in [6.07, 6.45) is 0. The van der Waals surface area contributed by atoms with Gasteiger partial charge >= 0.3 is 0 Å². The Hall–Kier alpha value is -0.120. The lowest BCUT2D eigenvalue weighted by molar-refractivity contribution is 0.560. The van der Waals surface area contributed by atoms with Crippen molar-refractivity contribution >= 4 is 23.5 Å². The SMILES string of the molecule is CNC(c1cccc(C)c1)C1SCCSC1C. The summed E-state index contributed by atoms with van der Waals surface area (Å²) < 4.78 is 0. The average molecular weight is 267 g/mol. The molecular formula is C14H21NS2. The first-order valence-electron chi connectivity index (χ1n) is 6.19. The summed E-state index contributed by atoms with van der Waals surface area (Å²) >= 11 is 4.23. The van der Waals surface area contributed by atoms with Crippen LogP contribution in [0, 0.1) is 6.92 Å². The highest BCUT2D eigenvalue weighted by molar-refractivity contribution is 8.07. The van der Waals surface area contributed by atoms with Crippen molar-refractivity contribution in [3.05, 3.63) is 35.4 Å². The lowest BCUT2D eigenvalue weighted by Crippen LogP contribution is -2.36. The van der Waals surface area contributed by atoms with Gasteiger partial charge in [-0.25, -0.2) is 0 Å². The lowest BCUT2D eigenvalue weighted by atomic mass is 10.00. The van der Waals surface area contributed by atoms with Gasteiger partial charge in [-0.3, -0.25) is 0 Å². The van der Waals surface area contributed by atoms with Gasteiger partial charge in [-0.15, -0.1) is 0 Å². The monoisotopic (exact) mass is 267 g/mol. The number of thioether (sulfide) groups is 2. The van der Waals surface area contributed by atoms with Gasteiger partial charge in [-0.2, -0.15) is 23.5 Å². The Morgan fingerprint density at radius 1 is 1.29 bits per heavy atom. The molecule has 0 bridgehead atoms. The number of nitrogens with one attached hydrogen (secondary N) is 1. The molecule has 0 spiro atoms. The zero-order valence-corrected chi connectivity index (χ0v) is 12.4. The highest BCUT2D eigenvalue weighted by Gasteiger charge is 2.30. The summed E-state index contributed by atoms with van der Waals surface area (Å²) in [5, 5.41) is 4.92. The molecule has 0 amide bonds. The lowest BCUT2D eigenvalue weighted by Gasteiger charge is -2.34. The Morgan fingerprint density at radius 2 is 2.06 bits per heavy atom. The van der Waals surface area contributed by atoms with Crippen LogP contribution in [-0.2, 0) is 0 Å². The molecule has 0 aromatic heterocycles. The average Bonchev–Trinajstić information content (AvgIpc) is 2.33. The third kappa shape index (κ3) is 3.21. The van der Waals surface area contributed by atoms with E-state index in [1.54, 1.807) is 0 Å². The molecule has 1 fully saturated rings. The Balaban J connectivity index is 2.20. The van der Waals surface area contributed by atoms with Crippen molar-refractivity contribution in [3.63, 3.8) is 0 Å². The standard InChI is InChI=1S/C14H21NS2/c1-10-5-4-6-12(9-10)13(15-3)14-11(2)16-7-8-17-14/h4-6,9,11,13-15H,7-8H2,1-3H3. The largest absolute Gasteiger partial charge is 0.312 e. The van der Waals surface area contributed by atoms with E-state index in [1.807, 2.05) is 0 Å². The van der Waals surface area contributed by atoms with E-state index in [1.165, 1.54) is 22.6 Å². The van der Waals surface area contributed by atoms with E-state index >= 15 is 0 Å². The molecular weight excluding hydrogens is 246 g/mol. The van der Waals surface area contributed by atoms with E-state index in [2.05, 4.69) is 74.0 Å². The van der Waals surface area contributed by atoms with Gasteiger partial charge in [0.1, 0.15) is 0 Å². The molecule has 17 heavy (non-hydrogen) atoms. The molecule has 1 aliphatic rings. The summed E-state index contributed by atoms with van der Waals surface area (Å²) in [5.41, 5.74) is 2.78. The Labute approximate surface area is 113 Å². The molecule has 3 heteroatoms. The van der Waals surface area contributed by atoms with Gasteiger partial charge < -0.3 is 5.32 Å². The van der Waals surface area contributed by atoms with Crippen LogP contribution < -0.4 is 5.32 Å². The quantitative estimate of drug-likeness (QED) is 0.900. The van der Waals surface area contributed by atoms with E-state index in [4.69, 9.17) is 0 Å². The highest BCUT2D eigenvalue weighted by Crippen LogP contribution is 2.38. The van der Waals surface area contributed by atoms with Gasteiger partial charge in [0.15, 0.2) is 0 Å². The van der Waals surface area contributed by atoms with E-state index in [9.17, 15) is 0 Å². The van der Waals surface area contributed by atoms with E-state index in [-0.39, 0.29) is 0 Å². The molecule has 1 saturated heterocycles. The maximum absolute atomic E-state index is 3.51. The van der Waals surface area contributed by atoms with E-state index in [0.717, 1.165) is 5.25 Å². The molecule has 0 saturated carbocycles. The Bertz CT molecular complexity index is 367. The van der Waals surface area contributed by atoms with Crippen LogP contribution in [0.25, 0.3) is 0 Å². The number of rotatable bonds is 3. The zero-order chi connectivity index (χ0) is 12.3. The maximum Gasteiger partial charge on any atom is 0.0448 e. The minimum atomic E-state index is 0.475. The summed E-state index contributed by atoms with van der Waals surface area (Å²) in [4.78, 5) is 0. The first kappa shape index (κ1) is 13.3. The second-order valence-corrected chi connectivity index (χ2v) is 7.36. The van der Waals surface area contributed by atoms with Gasteiger partial charge in [0.2, 0.25) is 0 Å². The summed E-state index contributed by atoms with van der Waals surface area (Å²) in [5.74, 6) is 2.58. The van der Waals surface area contributed by atoms with Crippen molar-refractivity contribution in [1.29, 1.82) is 0 Å². The Morgan fingerprint density at radius 3 is 2.71 bits per heavy atom. The van der Waals surface area contributed by atoms with Crippen LogP contribution in [0.2, 0.25) is 0 Å². The second kappa shape index (κ2) is 6.17. The van der Waals surface area contributed by atoms with Crippen LogP contribution >= 0.6 is 23.5 Å². The fraction of sp³-hybridized carbons (Fsp3) is 0.571. The number of aryl methyl sites for hydroxylation is 1. The van der Waals surface area contributed by atoms with Crippen LogP contribution in [0.4, 0.5) is 0 Å². The van der Waals surface area contributed by atoms with Crippen LogP contribution in [0.15, 0.2) is 24.3 Å². The van der Waals surface area contributed by atoms with Crippen LogP contribution in [0.1, 0.15) is 24.1 Å². The summed E-state index contributed by atoms with van der Waals surface area (Å²) in [6, 6.07) is 9.37. The molecule has 1 aromatic carbocycles. The smallest absolute Gasteiger partial charge is 0.0448 e. The normalized spacial score (nSPS) is 26.8. The van der Waals surface area contributed by atoms with Crippen LogP contribution in [0.5, 0.6) is 0 Å². The molecule has 2 rings (SSSR count). The third-order valence-corrected chi connectivity index (χ3v) is 6.47. The molecule has 1 aromatic rings. The molecule has 1 nitrogen and oxygen atoms in total.